The third-order valence-corrected chi connectivity index (χ3v) is 2.80. The SMILES string of the molecule is NC(=O)NCCC(=O)NCc1cnn(-c2ccccc2)c1. The van der Waals surface area contributed by atoms with Crippen molar-refractivity contribution in [2.24, 2.45) is 5.73 Å². The average Bonchev–Trinajstić information content (AvgIpc) is 2.94. The van der Waals surface area contributed by atoms with Gasteiger partial charge >= 0.3 is 6.03 Å². The van der Waals surface area contributed by atoms with Crippen LogP contribution in [-0.2, 0) is 11.3 Å². The lowest BCUT2D eigenvalue weighted by molar-refractivity contribution is -0.121. The molecule has 0 atom stereocenters. The van der Waals surface area contributed by atoms with Crippen LogP contribution in [0.3, 0.4) is 0 Å². The second-order valence-corrected chi connectivity index (χ2v) is 4.45. The lowest BCUT2D eigenvalue weighted by atomic mass is 10.3. The van der Waals surface area contributed by atoms with E-state index in [2.05, 4.69) is 15.7 Å². The summed E-state index contributed by atoms with van der Waals surface area (Å²) in [6, 6.07) is 9.07. The van der Waals surface area contributed by atoms with Crippen molar-refractivity contribution in [2.75, 3.05) is 6.54 Å². The number of carbonyl (C=O) groups excluding carboxylic acids is 2. The number of primary amides is 1. The quantitative estimate of drug-likeness (QED) is 0.723. The van der Waals surface area contributed by atoms with E-state index in [1.54, 1.807) is 10.9 Å². The molecule has 0 saturated heterocycles. The molecule has 0 aliphatic heterocycles. The monoisotopic (exact) mass is 287 g/mol. The maximum atomic E-state index is 11.5. The lowest BCUT2D eigenvalue weighted by Crippen LogP contribution is -2.33. The van der Waals surface area contributed by atoms with Crippen LogP contribution in [0.15, 0.2) is 42.7 Å². The Hall–Kier alpha value is -2.83. The molecule has 0 unspecified atom stereocenters. The third-order valence-electron chi connectivity index (χ3n) is 2.80. The van der Waals surface area contributed by atoms with Crippen LogP contribution in [-0.4, -0.2) is 28.3 Å². The molecule has 0 aliphatic carbocycles. The van der Waals surface area contributed by atoms with E-state index in [9.17, 15) is 9.59 Å². The van der Waals surface area contributed by atoms with Crippen LogP contribution in [0.25, 0.3) is 5.69 Å². The van der Waals surface area contributed by atoms with Crippen LogP contribution >= 0.6 is 0 Å². The summed E-state index contributed by atoms with van der Waals surface area (Å²) in [5, 5.41) is 9.36. The molecular weight excluding hydrogens is 270 g/mol. The van der Waals surface area contributed by atoms with Crippen LogP contribution in [0, 0.1) is 0 Å². The van der Waals surface area contributed by atoms with Gasteiger partial charge in [0.05, 0.1) is 11.9 Å². The Morgan fingerprint density at radius 3 is 2.67 bits per heavy atom. The number of nitrogens with one attached hydrogen (secondary N) is 2. The summed E-state index contributed by atoms with van der Waals surface area (Å²) in [6.45, 7) is 0.618. The van der Waals surface area contributed by atoms with Gasteiger partial charge in [-0.1, -0.05) is 18.2 Å². The van der Waals surface area contributed by atoms with Crippen molar-refractivity contribution in [2.45, 2.75) is 13.0 Å². The standard InChI is InChI=1S/C14H17N5O2/c15-14(21)16-7-6-13(20)17-8-11-9-18-19(10-11)12-4-2-1-3-5-12/h1-5,9-10H,6-8H2,(H,17,20)(H3,15,16,21). The van der Waals surface area contributed by atoms with E-state index >= 15 is 0 Å². The number of hydrogen-bond donors (Lipinski definition) is 3. The molecular formula is C14H17N5O2. The molecule has 1 heterocycles. The molecule has 3 amide bonds. The highest BCUT2D eigenvalue weighted by atomic mass is 16.2. The number of aromatic nitrogens is 2. The maximum Gasteiger partial charge on any atom is 0.312 e. The maximum absolute atomic E-state index is 11.5. The normalized spacial score (nSPS) is 10.1. The zero-order valence-electron chi connectivity index (χ0n) is 11.5. The average molecular weight is 287 g/mol. The molecule has 0 spiro atoms. The molecule has 1 aromatic heterocycles. The van der Waals surface area contributed by atoms with Gasteiger partial charge in [-0.3, -0.25) is 4.79 Å². The molecule has 2 aromatic rings. The number of carbonyl (C=O) groups is 2. The number of amides is 3. The molecule has 0 fully saturated rings. The van der Waals surface area contributed by atoms with Crippen LogP contribution in [0.1, 0.15) is 12.0 Å². The summed E-state index contributed by atoms with van der Waals surface area (Å²) < 4.78 is 1.75. The molecule has 7 heteroatoms. The van der Waals surface area contributed by atoms with E-state index in [1.165, 1.54) is 0 Å². The van der Waals surface area contributed by atoms with E-state index in [0.29, 0.717) is 6.54 Å². The minimum absolute atomic E-state index is 0.156. The highest BCUT2D eigenvalue weighted by molar-refractivity contribution is 5.77. The highest BCUT2D eigenvalue weighted by Gasteiger charge is 2.04. The topological polar surface area (TPSA) is 102 Å². The summed E-state index contributed by atoms with van der Waals surface area (Å²) in [7, 11) is 0. The Kier molecular flexibility index (Phi) is 4.92. The molecule has 110 valence electrons. The Labute approximate surface area is 122 Å². The second-order valence-electron chi connectivity index (χ2n) is 4.45. The Balaban J connectivity index is 1.80. The van der Waals surface area contributed by atoms with Crippen molar-refractivity contribution in [1.29, 1.82) is 0 Å². The molecule has 7 nitrogen and oxygen atoms in total. The molecule has 0 bridgehead atoms. The number of hydrogen-bond acceptors (Lipinski definition) is 3. The third kappa shape index (κ3) is 4.64. The highest BCUT2D eigenvalue weighted by Crippen LogP contribution is 2.07. The number of benzene rings is 1. The van der Waals surface area contributed by atoms with Gasteiger partial charge in [-0.2, -0.15) is 5.10 Å². The van der Waals surface area contributed by atoms with Gasteiger partial charge in [0, 0.05) is 31.3 Å². The number of para-hydroxylation sites is 1. The molecule has 21 heavy (non-hydrogen) atoms. The smallest absolute Gasteiger partial charge is 0.312 e. The fraction of sp³-hybridized carbons (Fsp3) is 0.214. The van der Waals surface area contributed by atoms with E-state index in [0.717, 1.165) is 11.3 Å². The predicted octanol–water partition coefficient (Wildman–Crippen LogP) is 0.547. The van der Waals surface area contributed by atoms with E-state index < -0.39 is 6.03 Å². The van der Waals surface area contributed by atoms with Gasteiger partial charge < -0.3 is 16.4 Å². The summed E-state index contributed by atoms with van der Waals surface area (Å²) in [4.78, 5) is 22.0. The van der Waals surface area contributed by atoms with Gasteiger partial charge in [0.15, 0.2) is 0 Å². The van der Waals surface area contributed by atoms with Crippen LogP contribution < -0.4 is 16.4 Å². The van der Waals surface area contributed by atoms with Gasteiger partial charge in [0.2, 0.25) is 5.91 Å². The van der Waals surface area contributed by atoms with Crippen LogP contribution in [0.2, 0.25) is 0 Å². The molecule has 2 rings (SSSR count). The van der Waals surface area contributed by atoms with Crippen molar-refractivity contribution < 1.29 is 9.59 Å². The fourth-order valence-corrected chi connectivity index (χ4v) is 1.76. The summed E-state index contributed by atoms with van der Waals surface area (Å²) in [5.41, 5.74) is 6.77. The first-order valence-corrected chi connectivity index (χ1v) is 6.54. The van der Waals surface area contributed by atoms with Crippen molar-refractivity contribution in [3.05, 3.63) is 48.3 Å². The summed E-state index contributed by atoms with van der Waals surface area (Å²) >= 11 is 0. The first kappa shape index (κ1) is 14.6. The van der Waals surface area contributed by atoms with Gasteiger partial charge in [-0.05, 0) is 12.1 Å². The fourth-order valence-electron chi connectivity index (χ4n) is 1.76. The van der Waals surface area contributed by atoms with Crippen molar-refractivity contribution in [3.8, 4) is 5.69 Å². The van der Waals surface area contributed by atoms with Gasteiger partial charge in [-0.25, -0.2) is 9.48 Å². The second kappa shape index (κ2) is 7.09. The number of nitrogens with zero attached hydrogens (tertiary/aromatic N) is 2. The molecule has 1 aromatic carbocycles. The summed E-state index contributed by atoms with van der Waals surface area (Å²) in [6.07, 6.45) is 3.75. The van der Waals surface area contributed by atoms with Crippen molar-refractivity contribution in [3.63, 3.8) is 0 Å². The van der Waals surface area contributed by atoms with E-state index in [1.807, 2.05) is 36.5 Å². The lowest BCUT2D eigenvalue weighted by Gasteiger charge is -2.04. The Morgan fingerprint density at radius 2 is 1.95 bits per heavy atom. The Bertz CT molecular complexity index is 609. The first-order chi connectivity index (χ1) is 10.1. The molecule has 0 aliphatic rings. The zero-order chi connectivity index (χ0) is 15.1. The van der Waals surface area contributed by atoms with Gasteiger partial charge in [0.25, 0.3) is 0 Å². The van der Waals surface area contributed by atoms with E-state index in [4.69, 9.17) is 5.73 Å². The van der Waals surface area contributed by atoms with Crippen LogP contribution in [0.5, 0.6) is 0 Å². The van der Waals surface area contributed by atoms with E-state index in [-0.39, 0.29) is 18.9 Å². The number of nitrogens with two attached hydrogens (primary N) is 1. The predicted molar refractivity (Wildman–Crippen MR) is 77.6 cm³/mol. The zero-order valence-corrected chi connectivity index (χ0v) is 11.5. The Morgan fingerprint density at radius 1 is 1.19 bits per heavy atom. The van der Waals surface area contributed by atoms with Gasteiger partial charge in [0.1, 0.15) is 0 Å². The van der Waals surface area contributed by atoms with Crippen molar-refractivity contribution in [1.82, 2.24) is 20.4 Å². The molecule has 4 N–H and O–H groups in total. The van der Waals surface area contributed by atoms with Gasteiger partial charge in [-0.15, -0.1) is 0 Å². The minimum Gasteiger partial charge on any atom is -0.352 e. The largest absolute Gasteiger partial charge is 0.352 e. The molecule has 0 saturated carbocycles. The minimum atomic E-state index is -0.632. The number of urea groups is 1. The first-order valence-electron chi connectivity index (χ1n) is 6.54. The van der Waals surface area contributed by atoms with Crippen LogP contribution in [0.4, 0.5) is 4.79 Å². The number of rotatable bonds is 6. The van der Waals surface area contributed by atoms with Crippen molar-refractivity contribution >= 4 is 11.9 Å². The summed E-state index contributed by atoms with van der Waals surface area (Å²) in [5.74, 6) is -0.156. The molecule has 0 radical (unpaired) electrons.